The van der Waals surface area contributed by atoms with Crippen molar-refractivity contribution in [2.75, 3.05) is 12.4 Å². The van der Waals surface area contributed by atoms with Crippen LogP contribution >= 0.6 is 0 Å². The van der Waals surface area contributed by atoms with Crippen molar-refractivity contribution in [3.05, 3.63) is 87.5 Å². The Labute approximate surface area is 179 Å². The Balaban J connectivity index is 1.57. The molecule has 4 aromatic rings. The van der Waals surface area contributed by atoms with E-state index in [1.807, 2.05) is 36.7 Å². The summed E-state index contributed by atoms with van der Waals surface area (Å²) in [6, 6.07) is 16.2. The highest BCUT2D eigenvalue weighted by atomic mass is 16.5. The van der Waals surface area contributed by atoms with Gasteiger partial charge in [0.1, 0.15) is 11.3 Å². The third-order valence-electron chi connectivity index (χ3n) is 5.24. The summed E-state index contributed by atoms with van der Waals surface area (Å²) >= 11 is 0. The van der Waals surface area contributed by atoms with Gasteiger partial charge < -0.3 is 14.5 Å². The van der Waals surface area contributed by atoms with Crippen LogP contribution in [0.5, 0.6) is 5.75 Å². The van der Waals surface area contributed by atoms with Gasteiger partial charge in [-0.2, -0.15) is 5.10 Å². The molecule has 0 saturated carbocycles. The van der Waals surface area contributed by atoms with Crippen LogP contribution in [0.15, 0.2) is 63.8 Å². The molecule has 0 aliphatic heterocycles. The predicted molar refractivity (Wildman–Crippen MR) is 119 cm³/mol. The number of rotatable bonds is 6. The van der Waals surface area contributed by atoms with Gasteiger partial charge in [-0.05, 0) is 38.0 Å². The maximum atomic E-state index is 12.8. The van der Waals surface area contributed by atoms with Crippen LogP contribution in [0.3, 0.4) is 0 Å². The highest BCUT2D eigenvalue weighted by Gasteiger charge is 2.18. The molecule has 7 nitrogen and oxygen atoms in total. The number of nitrogens with one attached hydrogen (secondary N) is 1. The Morgan fingerprint density at radius 2 is 1.90 bits per heavy atom. The lowest BCUT2D eigenvalue weighted by Crippen LogP contribution is -2.16. The van der Waals surface area contributed by atoms with Crippen LogP contribution < -0.4 is 15.5 Å². The molecular weight excluding hydrogens is 394 g/mol. The molecule has 0 unspecified atom stereocenters. The largest absolute Gasteiger partial charge is 0.497 e. The number of benzene rings is 2. The minimum atomic E-state index is -0.504. The molecule has 31 heavy (non-hydrogen) atoms. The second-order valence-corrected chi connectivity index (χ2v) is 7.30. The normalized spacial score (nSPS) is 10.9. The van der Waals surface area contributed by atoms with Crippen molar-refractivity contribution in [1.29, 1.82) is 0 Å². The van der Waals surface area contributed by atoms with Crippen LogP contribution in [0.2, 0.25) is 0 Å². The number of hydrogen-bond donors (Lipinski definition) is 1. The van der Waals surface area contributed by atoms with Crippen LogP contribution in [0.1, 0.15) is 27.5 Å². The monoisotopic (exact) mass is 417 g/mol. The van der Waals surface area contributed by atoms with Crippen molar-refractivity contribution < 1.29 is 13.9 Å². The van der Waals surface area contributed by atoms with Crippen molar-refractivity contribution in [2.24, 2.45) is 0 Å². The second kappa shape index (κ2) is 8.47. The van der Waals surface area contributed by atoms with Gasteiger partial charge in [0, 0.05) is 18.7 Å². The standard InChI is InChI=1S/C24H23N3O4/c1-15-23(16(2)27(26-15)12-11-17-7-5-4-6-8-17)25-24(29)22-14-20(28)19-10-9-18(30-3)13-21(19)31-22/h4-10,13-14H,11-12H2,1-3H3,(H,25,29). The summed E-state index contributed by atoms with van der Waals surface area (Å²) in [4.78, 5) is 25.3. The zero-order chi connectivity index (χ0) is 22.0. The first-order chi connectivity index (χ1) is 15.0. The minimum Gasteiger partial charge on any atom is -0.497 e. The number of anilines is 1. The summed E-state index contributed by atoms with van der Waals surface area (Å²) < 4.78 is 12.7. The topological polar surface area (TPSA) is 86.4 Å². The number of nitrogens with zero attached hydrogens (tertiary/aromatic N) is 2. The maximum absolute atomic E-state index is 12.8. The highest BCUT2D eigenvalue weighted by molar-refractivity contribution is 6.03. The number of aryl methyl sites for hydroxylation is 3. The number of ether oxygens (including phenoxy) is 1. The van der Waals surface area contributed by atoms with E-state index in [0.717, 1.165) is 12.1 Å². The van der Waals surface area contributed by atoms with E-state index in [4.69, 9.17) is 9.15 Å². The first-order valence-electron chi connectivity index (χ1n) is 9.97. The van der Waals surface area contributed by atoms with Crippen molar-refractivity contribution in [1.82, 2.24) is 9.78 Å². The van der Waals surface area contributed by atoms with Crippen molar-refractivity contribution in [3.8, 4) is 5.75 Å². The molecular formula is C24H23N3O4. The number of amides is 1. The van der Waals surface area contributed by atoms with Gasteiger partial charge in [-0.1, -0.05) is 30.3 Å². The first kappa shape index (κ1) is 20.4. The fraction of sp³-hybridized carbons (Fsp3) is 0.208. The molecule has 158 valence electrons. The molecule has 2 aromatic carbocycles. The van der Waals surface area contributed by atoms with E-state index in [9.17, 15) is 9.59 Å². The molecule has 4 rings (SSSR count). The fourth-order valence-electron chi connectivity index (χ4n) is 3.52. The van der Waals surface area contributed by atoms with Gasteiger partial charge in [0.2, 0.25) is 0 Å². The number of carbonyl (C=O) groups excluding carboxylic acids is 1. The average molecular weight is 417 g/mol. The Morgan fingerprint density at radius 1 is 1.13 bits per heavy atom. The van der Waals surface area contributed by atoms with Gasteiger partial charge in [0.05, 0.1) is 29.6 Å². The summed E-state index contributed by atoms with van der Waals surface area (Å²) in [5.41, 5.74) is 3.38. The number of carbonyl (C=O) groups is 1. The number of aromatic nitrogens is 2. The van der Waals surface area contributed by atoms with Gasteiger partial charge in [-0.15, -0.1) is 0 Å². The van der Waals surface area contributed by atoms with Crippen LogP contribution in [0.25, 0.3) is 11.0 Å². The Kier molecular flexibility index (Phi) is 5.58. The molecule has 0 radical (unpaired) electrons. The summed E-state index contributed by atoms with van der Waals surface area (Å²) in [6.07, 6.45) is 0.831. The van der Waals surface area contributed by atoms with Gasteiger partial charge in [-0.25, -0.2) is 0 Å². The number of fused-ring (bicyclic) bond motifs is 1. The van der Waals surface area contributed by atoms with E-state index < -0.39 is 5.91 Å². The zero-order valence-electron chi connectivity index (χ0n) is 17.6. The molecule has 0 fully saturated rings. The SMILES string of the molecule is COc1ccc2c(=O)cc(C(=O)Nc3c(C)nn(CCc4ccccc4)c3C)oc2c1. The molecule has 2 aromatic heterocycles. The molecule has 1 N–H and O–H groups in total. The number of methoxy groups -OCH3 is 1. The Morgan fingerprint density at radius 3 is 2.65 bits per heavy atom. The maximum Gasteiger partial charge on any atom is 0.291 e. The summed E-state index contributed by atoms with van der Waals surface area (Å²) in [7, 11) is 1.52. The lowest BCUT2D eigenvalue weighted by Gasteiger charge is -2.08. The highest BCUT2D eigenvalue weighted by Crippen LogP contribution is 2.23. The van der Waals surface area contributed by atoms with Gasteiger partial charge in [-0.3, -0.25) is 14.3 Å². The Hall–Kier alpha value is -3.87. The molecule has 0 spiro atoms. The summed E-state index contributed by atoms with van der Waals surface area (Å²) in [5.74, 6) is -0.0307. The van der Waals surface area contributed by atoms with Crippen LogP contribution in [0, 0.1) is 13.8 Å². The molecule has 2 heterocycles. The van der Waals surface area contributed by atoms with E-state index in [2.05, 4.69) is 22.5 Å². The second-order valence-electron chi connectivity index (χ2n) is 7.30. The summed E-state index contributed by atoms with van der Waals surface area (Å²) in [5, 5.41) is 7.79. The van der Waals surface area contributed by atoms with E-state index in [1.165, 1.54) is 18.7 Å². The van der Waals surface area contributed by atoms with Crippen molar-refractivity contribution >= 4 is 22.6 Å². The average Bonchev–Trinajstić information content (AvgIpc) is 3.05. The van der Waals surface area contributed by atoms with E-state index in [-0.39, 0.29) is 11.2 Å². The first-order valence-corrected chi connectivity index (χ1v) is 9.97. The smallest absolute Gasteiger partial charge is 0.291 e. The van der Waals surface area contributed by atoms with Crippen molar-refractivity contribution in [2.45, 2.75) is 26.8 Å². The van der Waals surface area contributed by atoms with Crippen LogP contribution in [0.4, 0.5) is 5.69 Å². The molecule has 7 heteroatoms. The van der Waals surface area contributed by atoms with E-state index in [1.54, 1.807) is 18.2 Å². The quantitative estimate of drug-likeness (QED) is 0.510. The number of hydrogen-bond acceptors (Lipinski definition) is 5. The van der Waals surface area contributed by atoms with Crippen LogP contribution in [-0.4, -0.2) is 22.8 Å². The lowest BCUT2D eigenvalue weighted by molar-refractivity contribution is 0.0997. The van der Waals surface area contributed by atoms with Gasteiger partial charge in [0.15, 0.2) is 11.2 Å². The lowest BCUT2D eigenvalue weighted by atomic mass is 10.1. The molecule has 1 amide bonds. The van der Waals surface area contributed by atoms with Gasteiger partial charge >= 0.3 is 0 Å². The Bertz CT molecular complexity index is 1310. The fourth-order valence-corrected chi connectivity index (χ4v) is 3.52. The third kappa shape index (κ3) is 4.21. The molecule has 0 aliphatic carbocycles. The van der Waals surface area contributed by atoms with E-state index >= 15 is 0 Å². The zero-order valence-corrected chi connectivity index (χ0v) is 17.6. The van der Waals surface area contributed by atoms with Crippen molar-refractivity contribution in [3.63, 3.8) is 0 Å². The predicted octanol–water partition coefficient (Wildman–Crippen LogP) is 4.11. The third-order valence-corrected chi connectivity index (χ3v) is 5.24. The molecule has 0 aliphatic rings. The van der Waals surface area contributed by atoms with E-state index in [0.29, 0.717) is 34.6 Å². The molecule has 0 atom stereocenters. The van der Waals surface area contributed by atoms with Gasteiger partial charge in [0.25, 0.3) is 5.91 Å². The van der Waals surface area contributed by atoms with Crippen LogP contribution in [-0.2, 0) is 13.0 Å². The summed E-state index contributed by atoms with van der Waals surface area (Å²) in [6.45, 7) is 4.43. The molecule has 0 bridgehead atoms. The molecule has 0 saturated heterocycles. The minimum absolute atomic E-state index is 0.0680.